The van der Waals surface area contributed by atoms with Gasteiger partial charge >= 0.3 is 0 Å². The number of piperidine rings is 1. The van der Waals surface area contributed by atoms with Gasteiger partial charge in [0.2, 0.25) is 0 Å². The smallest absolute Gasteiger partial charge is 0.255 e. The first-order chi connectivity index (χ1) is 17.9. The van der Waals surface area contributed by atoms with Crippen LogP contribution in [-0.2, 0) is 12.1 Å². The number of carbonyl (C=O) groups is 1. The van der Waals surface area contributed by atoms with Crippen LogP contribution < -0.4 is 5.73 Å². The predicted molar refractivity (Wildman–Crippen MR) is 146 cm³/mol. The zero-order chi connectivity index (χ0) is 25.6. The van der Waals surface area contributed by atoms with Crippen LogP contribution in [0.1, 0.15) is 42.2 Å². The minimum Gasteiger partial charge on any atom is -0.382 e. The number of amides is 1. The van der Waals surface area contributed by atoms with Gasteiger partial charge in [-0.1, -0.05) is 18.2 Å². The number of hydrogen-bond donors (Lipinski definition) is 1. The average molecular weight is 498 g/mol. The van der Waals surface area contributed by atoms with Gasteiger partial charge in [0.05, 0.1) is 22.9 Å². The van der Waals surface area contributed by atoms with Gasteiger partial charge in [0.25, 0.3) is 5.91 Å². The Labute approximate surface area is 217 Å². The summed E-state index contributed by atoms with van der Waals surface area (Å²) in [5.41, 5.74) is 10.5. The van der Waals surface area contributed by atoms with Crippen LogP contribution in [0.25, 0.3) is 11.0 Å². The third-order valence-electron chi connectivity index (χ3n) is 8.03. The van der Waals surface area contributed by atoms with Crippen molar-refractivity contribution >= 4 is 22.8 Å². The Kier molecular flexibility index (Phi) is 5.89. The minimum atomic E-state index is -0.209. The van der Waals surface area contributed by atoms with Crippen LogP contribution in [0.4, 0.5) is 5.82 Å². The summed E-state index contributed by atoms with van der Waals surface area (Å²) in [6, 6.07) is 3.98. The summed E-state index contributed by atoms with van der Waals surface area (Å²) in [5.74, 6) is 1.17. The van der Waals surface area contributed by atoms with E-state index in [1.807, 2.05) is 36.5 Å². The van der Waals surface area contributed by atoms with E-state index < -0.39 is 0 Å². The number of nitrogens with zero attached hydrogens (tertiary/aromatic N) is 6. The number of anilines is 1. The third-order valence-corrected chi connectivity index (χ3v) is 8.03. The van der Waals surface area contributed by atoms with E-state index in [9.17, 15) is 4.79 Å². The number of nitrogen functional groups attached to an aromatic ring is 1. The highest BCUT2D eigenvalue weighted by Crippen LogP contribution is 2.34. The van der Waals surface area contributed by atoms with Crippen molar-refractivity contribution in [2.75, 3.05) is 31.9 Å². The van der Waals surface area contributed by atoms with Crippen LogP contribution in [-0.4, -0.2) is 61.0 Å². The summed E-state index contributed by atoms with van der Waals surface area (Å²) in [7, 11) is 0. The van der Waals surface area contributed by atoms with Gasteiger partial charge in [0.1, 0.15) is 5.52 Å². The standard InChI is InChI=1S/C29H35N7O/c1-21-15-25-26(27(30)32-21)31-20-36(25)29(2)18-35(19-29)28(37)23-11-12-33(17-23)16-22-9-13-34(14-10-22)24-7-5-3-4-6-8-24/h3,5-8,11-12,15,17,20,22H,4,9-10,13-14,16,18-19H2,1-2H3,(H2,30,32). The maximum atomic E-state index is 13.2. The second-order valence-electron chi connectivity index (χ2n) is 11.0. The van der Waals surface area contributed by atoms with Gasteiger partial charge in [-0.05, 0) is 63.3 Å². The lowest BCUT2D eigenvalue weighted by Gasteiger charge is -2.48. The fourth-order valence-corrected chi connectivity index (χ4v) is 5.98. The molecule has 0 aromatic carbocycles. The van der Waals surface area contributed by atoms with Crippen molar-refractivity contribution in [3.63, 3.8) is 0 Å². The van der Waals surface area contributed by atoms with Crippen LogP contribution in [0.3, 0.4) is 0 Å². The molecule has 3 aromatic rings. The number of imidazole rings is 1. The quantitative estimate of drug-likeness (QED) is 0.574. The normalized spacial score (nSPS) is 19.7. The van der Waals surface area contributed by atoms with E-state index in [0.717, 1.165) is 48.3 Å². The number of rotatable bonds is 5. The van der Waals surface area contributed by atoms with Gasteiger partial charge in [0, 0.05) is 56.5 Å². The first-order valence-corrected chi connectivity index (χ1v) is 13.2. The molecule has 6 rings (SSSR count). The van der Waals surface area contributed by atoms with Gasteiger partial charge in [-0.2, -0.15) is 0 Å². The Balaban J connectivity index is 1.05. The summed E-state index contributed by atoms with van der Waals surface area (Å²) in [5, 5.41) is 0. The lowest BCUT2D eigenvalue weighted by Crippen LogP contribution is -2.62. The highest BCUT2D eigenvalue weighted by atomic mass is 16.2. The molecular formula is C29H35N7O. The topological polar surface area (TPSA) is 85.2 Å². The second kappa shape index (κ2) is 9.25. The Bertz CT molecular complexity index is 1410. The van der Waals surface area contributed by atoms with Gasteiger partial charge in [-0.25, -0.2) is 9.97 Å². The monoisotopic (exact) mass is 497 g/mol. The van der Waals surface area contributed by atoms with E-state index in [-0.39, 0.29) is 11.4 Å². The molecule has 8 nitrogen and oxygen atoms in total. The number of likely N-dealkylation sites (tertiary alicyclic amines) is 2. The molecule has 0 bridgehead atoms. The Morgan fingerprint density at radius 1 is 1.22 bits per heavy atom. The van der Waals surface area contributed by atoms with E-state index in [2.05, 4.69) is 67.5 Å². The largest absolute Gasteiger partial charge is 0.382 e. The summed E-state index contributed by atoms with van der Waals surface area (Å²) < 4.78 is 4.34. The Morgan fingerprint density at radius 3 is 2.84 bits per heavy atom. The molecule has 3 aromatic heterocycles. The van der Waals surface area contributed by atoms with Crippen molar-refractivity contribution < 1.29 is 4.79 Å². The first kappa shape index (κ1) is 23.6. The number of fused-ring (bicyclic) bond motifs is 1. The highest BCUT2D eigenvalue weighted by molar-refractivity contribution is 5.95. The molecule has 8 heteroatoms. The van der Waals surface area contributed by atoms with Crippen molar-refractivity contribution in [2.24, 2.45) is 5.92 Å². The fraction of sp³-hybridized carbons (Fsp3) is 0.414. The molecule has 5 heterocycles. The summed E-state index contributed by atoms with van der Waals surface area (Å²) >= 11 is 0. The summed E-state index contributed by atoms with van der Waals surface area (Å²) in [6.45, 7) is 8.51. The molecule has 0 unspecified atom stereocenters. The van der Waals surface area contributed by atoms with E-state index >= 15 is 0 Å². The number of allylic oxidation sites excluding steroid dienone is 5. The number of aromatic nitrogens is 4. The molecule has 1 aliphatic carbocycles. The van der Waals surface area contributed by atoms with Crippen molar-refractivity contribution in [3.05, 3.63) is 78.2 Å². The van der Waals surface area contributed by atoms with Crippen LogP contribution in [0.15, 0.2) is 66.9 Å². The zero-order valence-corrected chi connectivity index (χ0v) is 21.7. The SMILES string of the molecule is Cc1cc2c(ncn2C2(C)CN(C(=O)c3ccn(CC4CCN(C5=CC=CCC=C5)CC4)c3)C2)c(N)n1. The molecule has 3 aliphatic rings. The van der Waals surface area contributed by atoms with Crippen LogP contribution >= 0.6 is 0 Å². The number of hydrogen-bond acceptors (Lipinski definition) is 5. The molecule has 37 heavy (non-hydrogen) atoms. The molecule has 0 saturated carbocycles. The summed E-state index contributed by atoms with van der Waals surface area (Å²) in [4.78, 5) is 26.5. The fourth-order valence-electron chi connectivity index (χ4n) is 5.98. The van der Waals surface area contributed by atoms with Crippen LogP contribution in [0.2, 0.25) is 0 Å². The molecule has 0 spiro atoms. The number of nitrogens with two attached hydrogens (primary N) is 1. The molecule has 192 valence electrons. The number of pyridine rings is 1. The number of carbonyl (C=O) groups excluding carboxylic acids is 1. The molecular weight excluding hydrogens is 462 g/mol. The first-order valence-electron chi connectivity index (χ1n) is 13.2. The lowest BCUT2D eigenvalue weighted by molar-refractivity contribution is 0.0223. The van der Waals surface area contributed by atoms with Crippen LogP contribution in [0.5, 0.6) is 0 Å². The summed E-state index contributed by atoms with van der Waals surface area (Å²) in [6.07, 6.45) is 20.3. The lowest BCUT2D eigenvalue weighted by atomic mass is 9.91. The third kappa shape index (κ3) is 4.45. The molecule has 0 atom stereocenters. The van der Waals surface area contributed by atoms with E-state index in [1.165, 1.54) is 18.5 Å². The molecule has 2 aliphatic heterocycles. The molecule has 1 amide bonds. The molecule has 2 N–H and O–H groups in total. The van der Waals surface area contributed by atoms with E-state index in [0.29, 0.717) is 24.8 Å². The van der Waals surface area contributed by atoms with Gasteiger partial charge in [0.15, 0.2) is 5.82 Å². The van der Waals surface area contributed by atoms with Gasteiger partial charge < -0.3 is 24.7 Å². The molecule has 0 radical (unpaired) electrons. The highest BCUT2D eigenvalue weighted by Gasteiger charge is 2.44. The zero-order valence-electron chi connectivity index (χ0n) is 21.7. The van der Waals surface area contributed by atoms with Crippen molar-refractivity contribution in [2.45, 2.75) is 45.2 Å². The Morgan fingerprint density at radius 2 is 2.03 bits per heavy atom. The second-order valence-corrected chi connectivity index (χ2v) is 11.0. The maximum absolute atomic E-state index is 13.2. The number of aryl methyl sites for hydroxylation is 1. The van der Waals surface area contributed by atoms with E-state index in [4.69, 9.17) is 5.73 Å². The average Bonchev–Trinajstić information content (AvgIpc) is 3.42. The van der Waals surface area contributed by atoms with Crippen molar-refractivity contribution in [1.82, 2.24) is 28.9 Å². The predicted octanol–water partition coefficient (Wildman–Crippen LogP) is 4.11. The van der Waals surface area contributed by atoms with Crippen molar-refractivity contribution in [1.29, 1.82) is 0 Å². The van der Waals surface area contributed by atoms with Gasteiger partial charge in [-0.3, -0.25) is 4.79 Å². The van der Waals surface area contributed by atoms with E-state index in [1.54, 1.807) is 0 Å². The Hall–Kier alpha value is -3.81. The van der Waals surface area contributed by atoms with Crippen LogP contribution in [0, 0.1) is 12.8 Å². The molecule has 2 fully saturated rings. The van der Waals surface area contributed by atoms with Gasteiger partial charge in [-0.15, -0.1) is 0 Å². The minimum absolute atomic E-state index is 0.0907. The molecule has 2 saturated heterocycles. The maximum Gasteiger partial charge on any atom is 0.255 e. The van der Waals surface area contributed by atoms with Crippen molar-refractivity contribution in [3.8, 4) is 0 Å².